The number of aryl methyl sites for hydroxylation is 1. The van der Waals surface area contributed by atoms with Crippen LogP contribution in [0.3, 0.4) is 0 Å². The molecule has 1 aliphatic heterocycles. The Morgan fingerprint density at radius 3 is 2.91 bits per heavy atom. The fourth-order valence-electron chi connectivity index (χ4n) is 2.73. The molecule has 0 radical (unpaired) electrons. The van der Waals surface area contributed by atoms with Gasteiger partial charge in [-0.25, -0.2) is 0 Å². The van der Waals surface area contributed by atoms with E-state index in [2.05, 4.69) is 61.9 Å². The molecular formula is C17H17N5S. The summed E-state index contributed by atoms with van der Waals surface area (Å²) < 4.78 is 2.19. The second-order valence-electron chi connectivity index (χ2n) is 5.67. The number of aromatic nitrogens is 4. The highest BCUT2D eigenvalue weighted by molar-refractivity contribution is 7.99. The summed E-state index contributed by atoms with van der Waals surface area (Å²) in [5.41, 5.74) is 3.43. The third kappa shape index (κ3) is 3.00. The van der Waals surface area contributed by atoms with Crippen LogP contribution in [-0.2, 0) is 13.2 Å². The summed E-state index contributed by atoms with van der Waals surface area (Å²) in [6.07, 6.45) is 1.84. The van der Waals surface area contributed by atoms with Gasteiger partial charge in [-0.15, -0.1) is 10.2 Å². The molecule has 0 saturated carbocycles. The van der Waals surface area contributed by atoms with Crippen molar-refractivity contribution < 1.29 is 0 Å². The van der Waals surface area contributed by atoms with Gasteiger partial charge in [-0.05, 0) is 25.1 Å². The van der Waals surface area contributed by atoms with Gasteiger partial charge in [0.15, 0.2) is 11.0 Å². The third-order valence-corrected chi connectivity index (χ3v) is 4.88. The van der Waals surface area contributed by atoms with Gasteiger partial charge in [-0.2, -0.15) is 0 Å². The van der Waals surface area contributed by atoms with Crippen LogP contribution in [0.25, 0.3) is 11.4 Å². The van der Waals surface area contributed by atoms with Gasteiger partial charge in [0, 0.05) is 18.3 Å². The predicted octanol–water partition coefficient (Wildman–Crippen LogP) is 3.17. The summed E-state index contributed by atoms with van der Waals surface area (Å²) in [6.45, 7) is 3.72. The fraction of sp³-hybridized carbons (Fsp3) is 0.235. The van der Waals surface area contributed by atoms with Gasteiger partial charge in [0.05, 0.1) is 18.2 Å². The fourth-order valence-corrected chi connectivity index (χ4v) is 3.60. The monoisotopic (exact) mass is 323 g/mol. The Labute approximate surface area is 139 Å². The lowest BCUT2D eigenvalue weighted by atomic mass is 10.1. The van der Waals surface area contributed by atoms with Crippen molar-refractivity contribution in [2.24, 2.45) is 0 Å². The first kappa shape index (κ1) is 14.4. The van der Waals surface area contributed by atoms with E-state index in [9.17, 15) is 0 Å². The van der Waals surface area contributed by atoms with E-state index in [4.69, 9.17) is 0 Å². The lowest BCUT2D eigenvalue weighted by molar-refractivity contribution is 0.229. The van der Waals surface area contributed by atoms with Crippen molar-refractivity contribution in [3.63, 3.8) is 0 Å². The first-order valence-electron chi connectivity index (χ1n) is 7.55. The molecule has 0 aliphatic carbocycles. The van der Waals surface area contributed by atoms with Crippen LogP contribution in [0, 0.1) is 6.92 Å². The molecule has 0 bridgehead atoms. The minimum atomic E-state index is 0.787. The number of hydrogen-bond acceptors (Lipinski definition) is 5. The Morgan fingerprint density at radius 2 is 2.09 bits per heavy atom. The quantitative estimate of drug-likeness (QED) is 0.741. The molecule has 0 amide bonds. The van der Waals surface area contributed by atoms with E-state index >= 15 is 0 Å². The minimum absolute atomic E-state index is 0.787. The normalized spacial score (nSPS) is 14.7. The van der Waals surface area contributed by atoms with Crippen molar-refractivity contribution in [2.45, 2.75) is 25.3 Å². The van der Waals surface area contributed by atoms with E-state index in [1.807, 2.05) is 18.3 Å². The van der Waals surface area contributed by atoms with Crippen LogP contribution >= 0.6 is 11.8 Å². The van der Waals surface area contributed by atoms with Crippen molar-refractivity contribution in [3.8, 4) is 11.4 Å². The highest BCUT2D eigenvalue weighted by Crippen LogP contribution is 2.29. The summed E-state index contributed by atoms with van der Waals surface area (Å²) in [5, 5.41) is 9.72. The van der Waals surface area contributed by atoms with E-state index in [0.717, 1.165) is 41.3 Å². The molecule has 0 saturated heterocycles. The van der Waals surface area contributed by atoms with E-state index in [1.165, 1.54) is 5.56 Å². The maximum absolute atomic E-state index is 4.42. The van der Waals surface area contributed by atoms with Gasteiger partial charge in [0.1, 0.15) is 0 Å². The largest absolute Gasteiger partial charge is 0.288 e. The zero-order valence-electron chi connectivity index (χ0n) is 12.9. The number of fused-ring (bicyclic) bond motifs is 1. The summed E-state index contributed by atoms with van der Waals surface area (Å²) in [4.78, 5) is 6.77. The van der Waals surface area contributed by atoms with Gasteiger partial charge in [-0.3, -0.25) is 14.5 Å². The van der Waals surface area contributed by atoms with Gasteiger partial charge in [0.25, 0.3) is 0 Å². The maximum Gasteiger partial charge on any atom is 0.193 e. The molecule has 2 aromatic heterocycles. The van der Waals surface area contributed by atoms with E-state index in [0.29, 0.717) is 0 Å². The number of rotatable bonds is 3. The Kier molecular flexibility index (Phi) is 3.85. The van der Waals surface area contributed by atoms with E-state index in [1.54, 1.807) is 11.8 Å². The number of nitrogens with zero attached hydrogens (tertiary/aromatic N) is 5. The minimum Gasteiger partial charge on any atom is -0.288 e. The van der Waals surface area contributed by atoms with Gasteiger partial charge < -0.3 is 0 Å². The van der Waals surface area contributed by atoms with Crippen LogP contribution in [0.15, 0.2) is 53.8 Å². The van der Waals surface area contributed by atoms with Gasteiger partial charge in [-0.1, -0.05) is 41.6 Å². The highest BCUT2D eigenvalue weighted by atomic mass is 32.2. The van der Waals surface area contributed by atoms with E-state index < -0.39 is 0 Å². The molecular weight excluding hydrogens is 306 g/mol. The zero-order valence-corrected chi connectivity index (χ0v) is 13.7. The number of thioether (sulfide) groups is 1. The number of hydrogen-bond donors (Lipinski definition) is 0. The van der Waals surface area contributed by atoms with Crippen molar-refractivity contribution in [3.05, 3.63) is 59.9 Å². The molecule has 5 nitrogen and oxygen atoms in total. The molecule has 23 heavy (non-hydrogen) atoms. The van der Waals surface area contributed by atoms with Crippen molar-refractivity contribution >= 4 is 11.8 Å². The average Bonchev–Trinajstić information content (AvgIpc) is 2.99. The standard InChI is InChI=1S/C17H17N5S/c1-13-5-4-6-14(9-13)16-19-20-17-22(16)11-21(12-23-17)10-15-7-2-3-8-18-15/h2-9H,10-12H2,1H3. The molecule has 1 aliphatic rings. The summed E-state index contributed by atoms with van der Waals surface area (Å²) in [6, 6.07) is 14.4. The molecule has 4 rings (SSSR count). The molecule has 6 heteroatoms. The van der Waals surface area contributed by atoms with Crippen LogP contribution in [0.2, 0.25) is 0 Å². The Hall–Kier alpha value is -2.18. The highest BCUT2D eigenvalue weighted by Gasteiger charge is 2.22. The van der Waals surface area contributed by atoms with Crippen LogP contribution < -0.4 is 0 Å². The first-order valence-corrected chi connectivity index (χ1v) is 8.53. The molecule has 116 valence electrons. The summed E-state index contributed by atoms with van der Waals surface area (Å²) >= 11 is 1.72. The first-order chi connectivity index (χ1) is 11.3. The summed E-state index contributed by atoms with van der Waals surface area (Å²) in [7, 11) is 0. The van der Waals surface area contributed by atoms with Crippen molar-refractivity contribution in [1.29, 1.82) is 0 Å². The second kappa shape index (κ2) is 6.14. The predicted molar refractivity (Wildman–Crippen MR) is 90.7 cm³/mol. The smallest absolute Gasteiger partial charge is 0.193 e. The molecule has 3 heterocycles. The molecule has 1 aromatic carbocycles. The van der Waals surface area contributed by atoms with Crippen LogP contribution in [0.4, 0.5) is 0 Å². The molecule has 3 aromatic rings. The van der Waals surface area contributed by atoms with Gasteiger partial charge >= 0.3 is 0 Å². The van der Waals surface area contributed by atoms with Gasteiger partial charge in [0.2, 0.25) is 0 Å². The zero-order chi connectivity index (χ0) is 15.6. The molecule has 0 fully saturated rings. The van der Waals surface area contributed by atoms with Crippen molar-refractivity contribution in [2.75, 3.05) is 5.88 Å². The number of pyridine rings is 1. The van der Waals surface area contributed by atoms with Crippen LogP contribution in [0.5, 0.6) is 0 Å². The van der Waals surface area contributed by atoms with E-state index in [-0.39, 0.29) is 0 Å². The number of benzene rings is 1. The Balaban J connectivity index is 1.60. The molecule has 0 N–H and O–H groups in total. The molecule has 0 atom stereocenters. The lowest BCUT2D eigenvalue weighted by Crippen LogP contribution is -2.30. The Morgan fingerprint density at radius 1 is 1.13 bits per heavy atom. The third-order valence-electron chi connectivity index (χ3n) is 3.82. The Bertz CT molecular complexity index is 815. The second-order valence-corrected chi connectivity index (χ2v) is 6.58. The summed E-state index contributed by atoms with van der Waals surface area (Å²) in [5.74, 6) is 1.84. The molecule has 0 spiro atoms. The topological polar surface area (TPSA) is 46.8 Å². The lowest BCUT2D eigenvalue weighted by Gasteiger charge is -2.27. The molecule has 0 unspecified atom stereocenters. The van der Waals surface area contributed by atoms with Crippen LogP contribution in [-0.4, -0.2) is 30.5 Å². The SMILES string of the molecule is Cc1cccc(-c2nnc3n2CN(Cc2ccccn2)CS3)c1. The van der Waals surface area contributed by atoms with Crippen molar-refractivity contribution in [1.82, 2.24) is 24.6 Å². The maximum atomic E-state index is 4.42. The van der Waals surface area contributed by atoms with Crippen LogP contribution in [0.1, 0.15) is 11.3 Å². The average molecular weight is 323 g/mol.